The van der Waals surface area contributed by atoms with Gasteiger partial charge in [-0.25, -0.2) is 0 Å². The van der Waals surface area contributed by atoms with Crippen molar-refractivity contribution in [2.45, 2.75) is 70.8 Å². The minimum Gasteiger partial charge on any atom is -0.393 e. The largest absolute Gasteiger partial charge is 0.393 e. The lowest BCUT2D eigenvalue weighted by molar-refractivity contribution is -0.132. The van der Waals surface area contributed by atoms with Crippen LogP contribution in [0.25, 0.3) is 0 Å². The highest BCUT2D eigenvalue weighted by Gasteiger charge is 2.35. The van der Waals surface area contributed by atoms with Crippen LogP contribution in [0.1, 0.15) is 64.7 Å². The number of amides is 1. The summed E-state index contributed by atoms with van der Waals surface area (Å²) in [5, 5.41) is 13.0. The molecular weight excluding hydrogens is 226 g/mol. The Morgan fingerprint density at radius 3 is 2.50 bits per heavy atom. The van der Waals surface area contributed by atoms with E-state index in [0.29, 0.717) is 6.54 Å². The molecule has 104 valence electrons. The monoisotopic (exact) mass is 253 g/mol. The molecule has 2 unspecified atom stereocenters. The molecule has 3 heteroatoms. The predicted octanol–water partition coefficient (Wildman–Crippen LogP) is 2.62. The molecule has 0 aliphatic heterocycles. The van der Waals surface area contributed by atoms with E-state index in [9.17, 15) is 9.90 Å². The minimum atomic E-state index is -0.210. The van der Waals surface area contributed by atoms with Crippen molar-refractivity contribution in [2.24, 2.45) is 11.3 Å². The maximum absolute atomic E-state index is 12.3. The van der Waals surface area contributed by atoms with Gasteiger partial charge >= 0.3 is 0 Å². The van der Waals surface area contributed by atoms with Crippen LogP contribution in [-0.2, 0) is 4.79 Å². The van der Waals surface area contributed by atoms with E-state index in [-0.39, 0.29) is 23.3 Å². The Bertz CT molecular complexity index is 284. The maximum Gasteiger partial charge on any atom is 0.225 e. The van der Waals surface area contributed by atoms with Crippen molar-refractivity contribution < 1.29 is 9.90 Å². The van der Waals surface area contributed by atoms with E-state index in [2.05, 4.69) is 12.2 Å². The third-order valence-electron chi connectivity index (χ3n) is 4.90. The summed E-state index contributed by atoms with van der Waals surface area (Å²) in [6.07, 6.45) is 9.72. The number of aliphatic hydroxyl groups is 1. The van der Waals surface area contributed by atoms with Crippen LogP contribution in [0.5, 0.6) is 0 Å². The highest BCUT2D eigenvalue weighted by atomic mass is 16.3. The van der Waals surface area contributed by atoms with E-state index in [0.717, 1.165) is 32.1 Å². The third-order valence-corrected chi connectivity index (χ3v) is 4.90. The zero-order chi connectivity index (χ0) is 13.0. The molecule has 2 fully saturated rings. The fourth-order valence-corrected chi connectivity index (χ4v) is 3.42. The summed E-state index contributed by atoms with van der Waals surface area (Å²) in [6.45, 7) is 2.76. The summed E-state index contributed by atoms with van der Waals surface area (Å²) >= 11 is 0. The van der Waals surface area contributed by atoms with Gasteiger partial charge in [0.25, 0.3) is 0 Å². The molecule has 2 aliphatic rings. The average molecular weight is 253 g/mol. The van der Waals surface area contributed by atoms with E-state index in [1.54, 1.807) is 0 Å². The number of nitrogens with one attached hydrogen (secondary N) is 1. The molecule has 2 N–H and O–H groups in total. The van der Waals surface area contributed by atoms with Crippen molar-refractivity contribution in [3.8, 4) is 0 Å². The Balaban J connectivity index is 1.80. The SMILES string of the molecule is CC1(C(=O)NCC2CCCCC2O)CCCCC1. The van der Waals surface area contributed by atoms with Gasteiger partial charge in [-0.3, -0.25) is 4.79 Å². The van der Waals surface area contributed by atoms with E-state index in [1.165, 1.54) is 25.7 Å². The normalized spacial score (nSPS) is 31.9. The summed E-state index contributed by atoms with van der Waals surface area (Å²) in [5.41, 5.74) is -0.155. The molecule has 0 saturated heterocycles. The quantitative estimate of drug-likeness (QED) is 0.812. The molecule has 0 aromatic heterocycles. The molecule has 2 aliphatic carbocycles. The van der Waals surface area contributed by atoms with E-state index < -0.39 is 0 Å². The van der Waals surface area contributed by atoms with Gasteiger partial charge in [0.2, 0.25) is 5.91 Å². The van der Waals surface area contributed by atoms with Crippen LogP contribution in [0.3, 0.4) is 0 Å². The van der Waals surface area contributed by atoms with E-state index >= 15 is 0 Å². The molecule has 3 nitrogen and oxygen atoms in total. The number of hydrogen-bond acceptors (Lipinski definition) is 2. The molecule has 0 spiro atoms. The zero-order valence-electron chi connectivity index (χ0n) is 11.6. The van der Waals surface area contributed by atoms with Gasteiger partial charge in [-0.15, -0.1) is 0 Å². The van der Waals surface area contributed by atoms with Gasteiger partial charge < -0.3 is 10.4 Å². The second-order valence-electron chi connectivity index (χ2n) is 6.44. The van der Waals surface area contributed by atoms with Gasteiger partial charge in [-0.05, 0) is 25.7 Å². The van der Waals surface area contributed by atoms with Gasteiger partial charge in [0.1, 0.15) is 0 Å². The first-order valence-corrected chi connectivity index (χ1v) is 7.58. The molecule has 18 heavy (non-hydrogen) atoms. The smallest absolute Gasteiger partial charge is 0.225 e. The maximum atomic E-state index is 12.3. The Labute approximate surface area is 110 Å². The van der Waals surface area contributed by atoms with Crippen molar-refractivity contribution >= 4 is 5.91 Å². The summed E-state index contributed by atoms with van der Waals surface area (Å²) in [7, 11) is 0. The fraction of sp³-hybridized carbons (Fsp3) is 0.933. The number of carbonyl (C=O) groups excluding carboxylic acids is 1. The molecule has 0 bridgehead atoms. The zero-order valence-corrected chi connectivity index (χ0v) is 11.6. The summed E-state index contributed by atoms with van der Waals surface area (Å²) in [5.74, 6) is 0.481. The lowest BCUT2D eigenvalue weighted by Crippen LogP contribution is -2.44. The molecule has 0 aromatic carbocycles. The van der Waals surface area contributed by atoms with Crippen molar-refractivity contribution in [1.29, 1.82) is 0 Å². The van der Waals surface area contributed by atoms with Gasteiger partial charge in [0.05, 0.1) is 6.10 Å². The van der Waals surface area contributed by atoms with E-state index in [4.69, 9.17) is 0 Å². The van der Waals surface area contributed by atoms with Crippen LogP contribution in [0.15, 0.2) is 0 Å². The van der Waals surface area contributed by atoms with Crippen LogP contribution in [0.2, 0.25) is 0 Å². The van der Waals surface area contributed by atoms with Crippen LogP contribution in [0, 0.1) is 11.3 Å². The lowest BCUT2D eigenvalue weighted by atomic mass is 9.75. The van der Waals surface area contributed by atoms with Crippen LogP contribution in [-0.4, -0.2) is 23.7 Å². The Morgan fingerprint density at radius 2 is 1.83 bits per heavy atom. The van der Waals surface area contributed by atoms with Gasteiger partial charge in [0, 0.05) is 17.9 Å². The first-order valence-electron chi connectivity index (χ1n) is 7.58. The highest BCUT2D eigenvalue weighted by molar-refractivity contribution is 5.82. The fourth-order valence-electron chi connectivity index (χ4n) is 3.42. The molecule has 0 aromatic rings. The standard InChI is InChI=1S/C15H27NO2/c1-15(9-5-2-6-10-15)14(18)16-11-12-7-3-4-8-13(12)17/h12-13,17H,2-11H2,1H3,(H,16,18). The number of aliphatic hydroxyl groups excluding tert-OH is 1. The summed E-state index contributed by atoms with van der Waals surface area (Å²) in [6, 6.07) is 0. The highest BCUT2D eigenvalue weighted by Crippen LogP contribution is 2.36. The van der Waals surface area contributed by atoms with Crippen LogP contribution in [0.4, 0.5) is 0 Å². The second-order valence-corrected chi connectivity index (χ2v) is 6.44. The minimum absolute atomic E-state index is 0.155. The molecule has 2 atom stereocenters. The molecule has 0 heterocycles. The second kappa shape index (κ2) is 6.05. The van der Waals surface area contributed by atoms with Gasteiger partial charge in [0.15, 0.2) is 0 Å². The molecule has 0 radical (unpaired) electrons. The number of carbonyl (C=O) groups is 1. The van der Waals surface area contributed by atoms with Crippen molar-refractivity contribution in [3.63, 3.8) is 0 Å². The van der Waals surface area contributed by atoms with Crippen LogP contribution < -0.4 is 5.32 Å². The summed E-state index contributed by atoms with van der Waals surface area (Å²) < 4.78 is 0. The van der Waals surface area contributed by atoms with Crippen LogP contribution >= 0.6 is 0 Å². The Hall–Kier alpha value is -0.570. The summed E-state index contributed by atoms with van der Waals surface area (Å²) in [4.78, 5) is 12.3. The first kappa shape index (κ1) is 13.9. The van der Waals surface area contributed by atoms with Crippen molar-refractivity contribution in [3.05, 3.63) is 0 Å². The third kappa shape index (κ3) is 3.25. The molecule has 2 saturated carbocycles. The van der Waals surface area contributed by atoms with Gasteiger partial charge in [-0.1, -0.05) is 39.0 Å². The number of rotatable bonds is 3. The van der Waals surface area contributed by atoms with Crippen molar-refractivity contribution in [1.82, 2.24) is 5.32 Å². The molecule has 1 amide bonds. The lowest BCUT2D eigenvalue weighted by Gasteiger charge is -2.34. The van der Waals surface area contributed by atoms with Crippen molar-refractivity contribution in [2.75, 3.05) is 6.54 Å². The average Bonchev–Trinajstić information content (AvgIpc) is 2.38. The predicted molar refractivity (Wildman–Crippen MR) is 72.2 cm³/mol. The topological polar surface area (TPSA) is 49.3 Å². The van der Waals surface area contributed by atoms with E-state index in [1.807, 2.05) is 0 Å². The molecular formula is C15H27NO2. The Morgan fingerprint density at radius 1 is 1.17 bits per heavy atom. The van der Waals surface area contributed by atoms with Gasteiger partial charge in [-0.2, -0.15) is 0 Å². The number of hydrogen-bond donors (Lipinski definition) is 2. The Kier molecular flexibility index (Phi) is 4.66. The first-order chi connectivity index (χ1) is 8.62. The molecule has 2 rings (SSSR count).